The first-order chi connectivity index (χ1) is 12.0. The summed E-state index contributed by atoms with van der Waals surface area (Å²) in [5, 5.41) is 12.4. The number of anilines is 2. The Hall–Kier alpha value is -1.83. The molecule has 0 aliphatic carbocycles. The lowest BCUT2D eigenvalue weighted by molar-refractivity contribution is 0.0594. The van der Waals surface area contributed by atoms with E-state index < -0.39 is 5.97 Å². The molecule has 7 nitrogen and oxygen atoms in total. The van der Waals surface area contributed by atoms with Gasteiger partial charge in [-0.3, -0.25) is 0 Å². The van der Waals surface area contributed by atoms with Crippen molar-refractivity contribution in [3.63, 3.8) is 0 Å². The molecule has 0 bridgehead atoms. The number of nitrogens with zero attached hydrogens (tertiary/aromatic N) is 4. The summed E-state index contributed by atoms with van der Waals surface area (Å²) in [5.41, 5.74) is 1.86. The van der Waals surface area contributed by atoms with Gasteiger partial charge in [0.15, 0.2) is 5.82 Å². The van der Waals surface area contributed by atoms with E-state index in [2.05, 4.69) is 34.3 Å². The maximum absolute atomic E-state index is 12.0. The second kappa shape index (κ2) is 10.4. The van der Waals surface area contributed by atoms with Gasteiger partial charge in [-0.25, -0.2) is 4.79 Å². The van der Waals surface area contributed by atoms with Crippen LogP contribution in [0.2, 0.25) is 5.02 Å². The average Bonchev–Trinajstić information content (AvgIpc) is 3.01. The van der Waals surface area contributed by atoms with E-state index in [0.717, 1.165) is 30.9 Å². The minimum absolute atomic E-state index is 0. The largest absolute Gasteiger partial charge is 0.464 e. The third-order valence-corrected chi connectivity index (χ3v) is 4.39. The van der Waals surface area contributed by atoms with Crippen LogP contribution in [0.3, 0.4) is 0 Å². The van der Waals surface area contributed by atoms with Crippen LogP contribution in [-0.2, 0) is 11.3 Å². The lowest BCUT2D eigenvalue weighted by Crippen LogP contribution is -2.27. The van der Waals surface area contributed by atoms with Crippen LogP contribution in [-0.4, -0.2) is 52.6 Å². The molecule has 0 saturated carbocycles. The Morgan fingerprint density at radius 3 is 2.58 bits per heavy atom. The second-order valence-corrected chi connectivity index (χ2v) is 6.01. The van der Waals surface area contributed by atoms with Gasteiger partial charge in [-0.1, -0.05) is 31.5 Å². The molecule has 0 atom stereocenters. The smallest absolute Gasteiger partial charge is 0.362 e. The number of hydrogen-bond acceptors (Lipinski definition) is 6. The van der Waals surface area contributed by atoms with E-state index in [0.29, 0.717) is 17.4 Å². The van der Waals surface area contributed by atoms with E-state index in [1.165, 1.54) is 11.9 Å². The molecule has 26 heavy (non-hydrogen) atoms. The Morgan fingerprint density at radius 1 is 1.31 bits per heavy atom. The first-order valence-corrected chi connectivity index (χ1v) is 8.65. The van der Waals surface area contributed by atoms with Crippen molar-refractivity contribution in [3.05, 3.63) is 34.5 Å². The van der Waals surface area contributed by atoms with Gasteiger partial charge in [-0.05, 0) is 37.7 Å². The zero-order valence-electron chi connectivity index (χ0n) is 15.5. The molecule has 2 rings (SSSR count). The monoisotopic (exact) mass is 401 g/mol. The predicted molar refractivity (Wildman–Crippen MR) is 106 cm³/mol. The van der Waals surface area contributed by atoms with Gasteiger partial charge in [0.2, 0.25) is 5.69 Å². The van der Waals surface area contributed by atoms with Crippen LogP contribution < -0.4 is 5.32 Å². The summed E-state index contributed by atoms with van der Waals surface area (Å²) in [7, 11) is 1.32. The van der Waals surface area contributed by atoms with Crippen molar-refractivity contribution in [2.75, 3.05) is 32.1 Å². The normalized spacial score (nSPS) is 10.5. The van der Waals surface area contributed by atoms with E-state index in [1.807, 2.05) is 19.1 Å². The van der Waals surface area contributed by atoms with Gasteiger partial charge >= 0.3 is 5.97 Å². The Labute approximate surface area is 165 Å². The Bertz CT molecular complexity index is 732. The highest BCUT2D eigenvalue weighted by Crippen LogP contribution is 2.23. The number of likely N-dealkylation sites (N-methyl/N-ethyl adjacent to an activating group) is 1. The molecule has 0 fully saturated rings. The van der Waals surface area contributed by atoms with Crippen molar-refractivity contribution in [2.24, 2.45) is 0 Å². The fourth-order valence-corrected chi connectivity index (χ4v) is 2.52. The highest BCUT2D eigenvalue weighted by Gasteiger charge is 2.20. The van der Waals surface area contributed by atoms with Gasteiger partial charge < -0.3 is 15.0 Å². The number of rotatable bonds is 8. The number of ether oxygens (including phenoxy) is 1. The van der Waals surface area contributed by atoms with Gasteiger partial charge in [-0.15, -0.1) is 22.6 Å². The zero-order chi connectivity index (χ0) is 18.4. The standard InChI is InChI=1S/C17H24ClN5O2.ClH/c1-5-22(6-2)9-10-23-20-15(17(24)25-4)16(21-23)19-13-8-7-12(3)14(18)11-13;/h7-8,11H,5-6,9-10H2,1-4H3,(H,19,21);1H. The molecule has 0 amide bonds. The fraction of sp³-hybridized carbons (Fsp3) is 0.471. The molecule has 144 valence electrons. The number of nitrogens with one attached hydrogen (secondary N) is 1. The Kier molecular flexibility index (Phi) is 8.84. The van der Waals surface area contributed by atoms with Gasteiger partial charge in [-0.2, -0.15) is 4.80 Å². The number of halogens is 2. The highest BCUT2D eigenvalue weighted by atomic mass is 35.5. The van der Waals surface area contributed by atoms with Crippen LogP contribution in [0.4, 0.5) is 11.5 Å². The van der Waals surface area contributed by atoms with Crippen LogP contribution >= 0.6 is 24.0 Å². The van der Waals surface area contributed by atoms with E-state index in [4.69, 9.17) is 16.3 Å². The summed E-state index contributed by atoms with van der Waals surface area (Å²) in [6, 6.07) is 5.55. The highest BCUT2D eigenvalue weighted by molar-refractivity contribution is 6.31. The third kappa shape index (κ3) is 5.59. The number of aryl methyl sites for hydroxylation is 1. The van der Waals surface area contributed by atoms with Crippen molar-refractivity contribution in [1.82, 2.24) is 19.9 Å². The summed E-state index contributed by atoms with van der Waals surface area (Å²) >= 11 is 6.15. The average molecular weight is 402 g/mol. The molecule has 1 aromatic carbocycles. The van der Waals surface area contributed by atoms with E-state index >= 15 is 0 Å². The van der Waals surface area contributed by atoms with Crippen molar-refractivity contribution in [1.29, 1.82) is 0 Å². The number of hydrogen-bond donors (Lipinski definition) is 1. The summed E-state index contributed by atoms with van der Waals surface area (Å²) in [6.07, 6.45) is 0. The SMILES string of the molecule is CCN(CC)CCn1nc(Nc2ccc(C)c(Cl)c2)c(C(=O)OC)n1.Cl. The second-order valence-electron chi connectivity index (χ2n) is 5.60. The summed E-state index contributed by atoms with van der Waals surface area (Å²) in [6.45, 7) is 9.43. The quantitative estimate of drug-likeness (QED) is 0.681. The summed E-state index contributed by atoms with van der Waals surface area (Å²) in [5.74, 6) is -0.180. The molecule has 1 aromatic heterocycles. The number of carbonyl (C=O) groups is 1. The van der Waals surface area contributed by atoms with E-state index in [1.54, 1.807) is 6.07 Å². The van der Waals surface area contributed by atoms with Crippen LogP contribution in [0, 0.1) is 6.92 Å². The molecule has 0 aliphatic rings. The molecule has 0 unspecified atom stereocenters. The van der Waals surface area contributed by atoms with Gasteiger partial charge in [0.25, 0.3) is 0 Å². The van der Waals surface area contributed by atoms with E-state index in [9.17, 15) is 4.79 Å². The molecular weight excluding hydrogens is 377 g/mol. The topological polar surface area (TPSA) is 72.3 Å². The molecule has 1 N–H and O–H groups in total. The first-order valence-electron chi connectivity index (χ1n) is 8.27. The van der Waals surface area contributed by atoms with Crippen molar-refractivity contribution < 1.29 is 9.53 Å². The Morgan fingerprint density at radius 2 is 2.00 bits per heavy atom. The molecule has 0 radical (unpaired) electrons. The molecule has 0 saturated heterocycles. The van der Waals surface area contributed by atoms with Gasteiger partial charge in [0.1, 0.15) is 0 Å². The summed E-state index contributed by atoms with van der Waals surface area (Å²) < 4.78 is 4.81. The van der Waals surface area contributed by atoms with Crippen molar-refractivity contribution >= 4 is 41.5 Å². The fourth-order valence-electron chi connectivity index (χ4n) is 2.34. The third-order valence-electron chi connectivity index (χ3n) is 3.98. The molecule has 2 aromatic rings. The maximum atomic E-state index is 12.0. The maximum Gasteiger partial charge on any atom is 0.362 e. The minimum Gasteiger partial charge on any atom is -0.464 e. The number of esters is 1. The summed E-state index contributed by atoms with van der Waals surface area (Å²) in [4.78, 5) is 15.8. The molecular formula is C17H25Cl2N5O2. The van der Waals surface area contributed by atoms with Crippen LogP contribution in [0.5, 0.6) is 0 Å². The molecule has 0 aliphatic heterocycles. The van der Waals surface area contributed by atoms with Crippen molar-refractivity contribution in [3.8, 4) is 0 Å². The minimum atomic E-state index is -0.533. The number of methoxy groups -OCH3 is 1. The lowest BCUT2D eigenvalue weighted by atomic mass is 10.2. The van der Waals surface area contributed by atoms with Gasteiger partial charge in [0, 0.05) is 17.3 Å². The Balaban J connectivity index is 0.00000338. The van der Waals surface area contributed by atoms with Crippen LogP contribution in [0.25, 0.3) is 0 Å². The molecule has 9 heteroatoms. The van der Waals surface area contributed by atoms with Crippen LogP contribution in [0.1, 0.15) is 29.9 Å². The zero-order valence-corrected chi connectivity index (χ0v) is 17.0. The van der Waals surface area contributed by atoms with Gasteiger partial charge in [0.05, 0.1) is 13.7 Å². The number of aromatic nitrogens is 3. The van der Waals surface area contributed by atoms with Crippen molar-refractivity contribution in [2.45, 2.75) is 27.3 Å². The van der Waals surface area contributed by atoms with Crippen LogP contribution in [0.15, 0.2) is 18.2 Å². The first kappa shape index (κ1) is 22.2. The number of carbonyl (C=O) groups excluding carboxylic acids is 1. The number of benzene rings is 1. The van der Waals surface area contributed by atoms with E-state index in [-0.39, 0.29) is 18.1 Å². The molecule has 1 heterocycles. The lowest BCUT2D eigenvalue weighted by Gasteiger charge is -2.16. The molecule has 0 spiro atoms. The predicted octanol–water partition coefficient (Wildman–Crippen LogP) is 3.53.